The smallest absolute Gasteiger partial charge is 0.229 e. The maximum absolute atomic E-state index is 12.7. The van der Waals surface area contributed by atoms with Crippen LogP contribution in [0.1, 0.15) is 13.3 Å². The van der Waals surface area contributed by atoms with Gasteiger partial charge in [0.2, 0.25) is 11.8 Å². The molecule has 7 heteroatoms. The summed E-state index contributed by atoms with van der Waals surface area (Å²) in [6, 6.07) is 3.68. The number of carbonyl (C=O) groups is 2. The molecule has 2 amide bonds. The van der Waals surface area contributed by atoms with Crippen molar-refractivity contribution in [2.45, 2.75) is 13.3 Å². The van der Waals surface area contributed by atoms with E-state index in [-0.39, 0.29) is 17.7 Å². The van der Waals surface area contributed by atoms with Crippen LogP contribution in [0.2, 0.25) is 0 Å². The van der Waals surface area contributed by atoms with Crippen molar-refractivity contribution in [1.29, 1.82) is 0 Å². The van der Waals surface area contributed by atoms with Gasteiger partial charge in [0.1, 0.15) is 5.75 Å². The van der Waals surface area contributed by atoms with Gasteiger partial charge in [-0.3, -0.25) is 14.6 Å². The Balaban J connectivity index is 1.45. The number of pyridine rings is 1. The molecule has 2 aliphatic rings. The monoisotopic (exact) mass is 332 g/mol. The zero-order valence-electron chi connectivity index (χ0n) is 14.0. The zero-order chi connectivity index (χ0) is 17.0. The van der Waals surface area contributed by atoms with E-state index in [2.05, 4.69) is 15.6 Å². The van der Waals surface area contributed by atoms with Gasteiger partial charge >= 0.3 is 0 Å². The van der Waals surface area contributed by atoms with Crippen LogP contribution in [0.15, 0.2) is 24.5 Å². The van der Waals surface area contributed by atoms with Gasteiger partial charge in [0.15, 0.2) is 0 Å². The third kappa shape index (κ3) is 3.36. The molecule has 2 saturated heterocycles. The fraction of sp³-hybridized carbons (Fsp3) is 0.588. The largest absolute Gasteiger partial charge is 0.492 e. The molecular formula is C17H24N4O3. The van der Waals surface area contributed by atoms with Gasteiger partial charge < -0.3 is 20.3 Å². The van der Waals surface area contributed by atoms with Crippen molar-refractivity contribution < 1.29 is 14.3 Å². The van der Waals surface area contributed by atoms with Gasteiger partial charge in [-0.05, 0) is 18.6 Å². The van der Waals surface area contributed by atoms with Gasteiger partial charge in [-0.1, -0.05) is 0 Å². The lowest BCUT2D eigenvalue weighted by atomic mass is 9.80. The summed E-state index contributed by atoms with van der Waals surface area (Å²) in [7, 11) is 0. The first-order valence-electron chi connectivity index (χ1n) is 8.39. The van der Waals surface area contributed by atoms with E-state index in [1.807, 2.05) is 12.1 Å². The molecule has 2 aliphatic heterocycles. The molecule has 130 valence electrons. The number of likely N-dealkylation sites (tertiary alicyclic amines) is 1. The molecule has 0 aromatic carbocycles. The Labute approximate surface area is 141 Å². The van der Waals surface area contributed by atoms with Gasteiger partial charge in [0, 0.05) is 51.8 Å². The Morgan fingerprint density at radius 2 is 2.42 bits per heavy atom. The number of hydrogen-bond acceptors (Lipinski definition) is 5. The summed E-state index contributed by atoms with van der Waals surface area (Å²) >= 11 is 0. The van der Waals surface area contributed by atoms with Crippen LogP contribution >= 0.6 is 0 Å². The number of rotatable bonds is 6. The third-order valence-corrected chi connectivity index (χ3v) is 4.93. The van der Waals surface area contributed by atoms with Crippen molar-refractivity contribution in [1.82, 2.24) is 20.5 Å². The summed E-state index contributed by atoms with van der Waals surface area (Å²) in [5, 5.41) is 6.32. The Kier molecular flexibility index (Phi) is 4.99. The van der Waals surface area contributed by atoms with Gasteiger partial charge in [-0.15, -0.1) is 0 Å². The van der Waals surface area contributed by atoms with E-state index in [0.717, 1.165) is 18.7 Å². The first-order valence-corrected chi connectivity index (χ1v) is 8.39. The molecule has 0 spiro atoms. The minimum atomic E-state index is -0.476. The first-order chi connectivity index (χ1) is 11.6. The van der Waals surface area contributed by atoms with Gasteiger partial charge in [0.05, 0.1) is 18.2 Å². The van der Waals surface area contributed by atoms with Crippen LogP contribution in [0.25, 0.3) is 0 Å². The van der Waals surface area contributed by atoms with Crippen molar-refractivity contribution in [2.24, 2.45) is 11.3 Å². The van der Waals surface area contributed by atoms with Crippen molar-refractivity contribution in [2.75, 3.05) is 39.3 Å². The number of carbonyl (C=O) groups excluding carboxylic acids is 2. The standard InChI is InChI=1S/C17H24N4O3/c1-13(22)21-10-14-8-19-11-17(14,12-21)16(23)20-6-3-7-24-15-4-2-5-18-9-15/h2,4-5,9,14,19H,3,6-8,10-12H2,1H3,(H,20,23)/t14-,17-/m1/s1. The SMILES string of the molecule is CC(=O)N1C[C@H]2CNC[C@@]2(C(=O)NCCCOc2cccnc2)C1. The van der Waals surface area contributed by atoms with Gasteiger partial charge in [0.25, 0.3) is 0 Å². The van der Waals surface area contributed by atoms with E-state index in [1.165, 1.54) is 0 Å². The van der Waals surface area contributed by atoms with E-state index in [9.17, 15) is 9.59 Å². The van der Waals surface area contributed by atoms with Crippen LogP contribution in [-0.4, -0.2) is 61.0 Å². The van der Waals surface area contributed by atoms with Gasteiger partial charge in [-0.25, -0.2) is 0 Å². The average Bonchev–Trinajstić information content (AvgIpc) is 3.13. The van der Waals surface area contributed by atoms with Crippen LogP contribution in [0, 0.1) is 11.3 Å². The minimum Gasteiger partial charge on any atom is -0.492 e. The molecular weight excluding hydrogens is 308 g/mol. The molecule has 3 heterocycles. The highest BCUT2D eigenvalue weighted by Gasteiger charge is 2.55. The second kappa shape index (κ2) is 7.17. The van der Waals surface area contributed by atoms with Crippen LogP contribution in [0.3, 0.4) is 0 Å². The quantitative estimate of drug-likeness (QED) is 0.719. The highest BCUT2D eigenvalue weighted by atomic mass is 16.5. The molecule has 2 N–H and O–H groups in total. The molecule has 1 aromatic heterocycles. The molecule has 0 bridgehead atoms. The van der Waals surface area contributed by atoms with Crippen LogP contribution in [-0.2, 0) is 9.59 Å². The fourth-order valence-electron chi connectivity index (χ4n) is 3.55. The number of ether oxygens (including phenoxy) is 1. The van der Waals surface area contributed by atoms with Crippen molar-refractivity contribution >= 4 is 11.8 Å². The summed E-state index contributed by atoms with van der Waals surface area (Å²) in [5.41, 5.74) is -0.476. The number of nitrogens with zero attached hydrogens (tertiary/aromatic N) is 2. The summed E-state index contributed by atoms with van der Waals surface area (Å²) in [6.07, 6.45) is 4.09. The number of amides is 2. The zero-order valence-corrected chi connectivity index (χ0v) is 14.0. The summed E-state index contributed by atoms with van der Waals surface area (Å²) < 4.78 is 5.57. The summed E-state index contributed by atoms with van der Waals surface area (Å²) in [6.45, 7) is 5.27. The molecule has 1 aromatic rings. The van der Waals surface area contributed by atoms with Crippen LogP contribution < -0.4 is 15.4 Å². The highest BCUT2D eigenvalue weighted by Crippen LogP contribution is 2.39. The third-order valence-electron chi connectivity index (χ3n) is 4.93. The van der Waals surface area contributed by atoms with E-state index in [4.69, 9.17) is 4.74 Å². The lowest BCUT2D eigenvalue weighted by Crippen LogP contribution is -2.48. The normalized spacial score (nSPS) is 25.4. The second-order valence-electron chi connectivity index (χ2n) is 6.53. The summed E-state index contributed by atoms with van der Waals surface area (Å²) in [5.74, 6) is 1.02. The Bertz CT molecular complexity index is 595. The Morgan fingerprint density at radius 3 is 3.17 bits per heavy atom. The molecule has 24 heavy (non-hydrogen) atoms. The Morgan fingerprint density at radius 1 is 1.54 bits per heavy atom. The molecule has 3 rings (SSSR count). The molecule has 7 nitrogen and oxygen atoms in total. The molecule has 0 saturated carbocycles. The maximum Gasteiger partial charge on any atom is 0.229 e. The van der Waals surface area contributed by atoms with E-state index < -0.39 is 5.41 Å². The number of nitrogens with one attached hydrogen (secondary N) is 2. The predicted molar refractivity (Wildman–Crippen MR) is 88.4 cm³/mol. The highest BCUT2D eigenvalue weighted by molar-refractivity contribution is 5.86. The van der Waals surface area contributed by atoms with Crippen molar-refractivity contribution in [3.63, 3.8) is 0 Å². The molecule has 2 atom stereocenters. The first kappa shape index (κ1) is 16.7. The Hall–Kier alpha value is -2.15. The number of aromatic nitrogens is 1. The van der Waals surface area contributed by atoms with Crippen LogP contribution in [0.5, 0.6) is 5.75 Å². The van der Waals surface area contributed by atoms with Crippen molar-refractivity contribution in [3.8, 4) is 5.75 Å². The lowest BCUT2D eigenvalue weighted by molar-refractivity contribution is -0.132. The second-order valence-corrected chi connectivity index (χ2v) is 6.53. The average molecular weight is 332 g/mol. The van der Waals surface area contributed by atoms with Crippen molar-refractivity contribution in [3.05, 3.63) is 24.5 Å². The fourth-order valence-corrected chi connectivity index (χ4v) is 3.55. The molecule has 2 fully saturated rings. The topological polar surface area (TPSA) is 83.6 Å². The predicted octanol–water partition coefficient (Wildman–Crippen LogP) is 0.0346. The van der Waals surface area contributed by atoms with E-state index >= 15 is 0 Å². The molecule has 0 radical (unpaired) electrons. The lowest BCUT2D eigenvalue weighted by Gasteiger charge is -2.26. The molecule has 0 aliphatic carbocycles. The number of hydrogen-bond donors (Lipinski definition) is 2. The van der Waals surface area contributed by atoms with Gasteiger partial charge in [-0.2, -0.15) is 0 Å². The van der Waals surface area contributed by atoms with E-state index in [0.29, 0.717) is 32.8 Å². The van der Waals surface area contributed by atoms with E-state index in [1.54, 1.807) is 24.2 Å². The molecule has 0 unspecified atom stereocenters. The van der Waals surface area contributed by atoms with Crippen LogP contribution in [0.4, 0.5) is 0 Å². The summed E-state index contributed by atoms with van der Waals surface area (Å²) in [4.78, 5) is 30.1. The minimum absolute atomic E-state index is 0.0430. The number of fused-ring (bicyclic) bond motifs is 1. The maximum atomic E-state index is 12.7.